The monoisotopic (exact) mass is 916 g/mol. The molecule has 11 nitrogen and oxygen atoms in total. The number of allylic oxidation sites excluding steroid dienone is 2. The second-order valence-corrected chi connectivity index (χ2v) is 18.6. The number of aromatic nitrogens is 4. The molecule has 2 atom stereocenters. The van der Waals surface area contributed by atoms with Crippen molar-refractivity contribution < 1.29 is 22.3 Å². The SMILES string of the molecule is C1CC1.C=CC(CCC(=C)NC)c1nn(C)c2cc(C3CCN(CC4(F)CCN(c5ncc(Cl)c(Nc6cc7c(cc6F)N(C)C(=C)C6=C7NC(C)C(F)(F)CO6)n5)CC4)CC3)ccc12. The normalized spacial score (nSPS) is 20.9. The van der Waals surface area contributed by atoms with Gasteiger partial charge in [0.1, 0.15) is 16.5 Å². The third-order valence-electron chi connectivity index (χ3n) is 13.5. The lowest BCUT2D eigenvalue weighted by Crippen LogP contribution is -2.50. The van der Waals surface area contributed by atoms with Crippen molar-refractivity contribution in [1.82, 2.24) is 35.3 Å². The van der Waals surface area contributed by atoms with E-state index in [-0.39, 0.29) is 33.9 Å². The summed E-state index contributed by atoms with van der Waals surface area (Å²) in [6.45, 7) is 15.5. The van der Waals surface area contributed by atoms with E-state index in [2.05, 4.69) is 68.8 Å². The molecule has 16 heteroatoms. The van der Waals surface area contributed by atoms with E-state index >= 15 is 8.78 Å². The molecule has 9 rings (SSSR count). The zero-order valence-corrected chi connectivity index (χ0v) is 38.7. The number of likely N-dealkylation sites (N-methyl/N-ethyl adjacent to an activating group) is 1. The lowest BCUT2D eigenvalue weighted by Gasteiger charge is -2.41. The number of nitrogens with zero attached hydrogens (tertiary/aromatic N) is 7. The molecule has 348 valence electrons. The van der Waals surface area contributed by atoms with E-state index in [1.807, 2.05) is 29.8 Å². The number of anilines is 4. The predicted octanol–water partition coefficient (Wildman–Crippen LogP) is 10.3. The van der Waals surface area contributed by atoms with Crippen molar-refractivity contribution in [3.8, 4) is 0 Å². The van der Waals surface area contributed by atoms with Crippen LogP contribution in [-0.2, 0) is 11.8 Å². The third kappa shape index (κ3) is 9.96. The molecule has 4 aromatic rings. The number of fused-ring (bicyclic) bond motifs is 3. The number of halogens is 5. The van der Waals surface area contributed by atoms with E-state index in [4.69, 9.17) is 21.4 Å². The molecule has 0 radical (unpaired) electrons. The van der Waals surface area contributed by atoms with Gasteiger partial charge < -0.3 is 35.4 Å². The van der Waals surface area contributed by atoms with Crippen molar-refractivity contribution >= 4 is 51.3 Å². The maximum Gasteiger partial charge on any atom is 0.300 e. The van der Waals surface area contributed by atoms with Crippen LogP contribution in [0.15, 0.2) is 79.5 Å². The summed E-state index contributed by atoms with van der Waals surface area (Å²) in [7, 11) is 5.55. The number of ether oxygens (including phenoxy) is 1. The number of rotatable bonds is 12. The Bertz CT molecular complexity index is 2470. The average molecular weight is 918 g/mol. The quantitative estimate of drug-likeness (QED) is 0.0942. The minimum absolute atomic E-state index is 0.0190. The fourth-order valence-corrected chi connectivity index (χ4v) is 9.22. The van der Waals surface area contributed by atoms with Crippen LogP contribution in [0.25, 0.3) is 16.6 Å². The Balaban J connectivity index is 0.00000184. The number of piperidine rings is 2. The van der Waals surface area contributed by atoms with Crippen molar-refractivity contribution in [2.75, 3.05) is 68.5 Å². The second-order valence-electron chi connectivity index (χ2n) is 18.2. The minimum Gasteiger partial charge on any atom is -0.483 e. The zero-order valence-electron chi connectivity index (χ0n) is 37.9. The molecular formula is C49H61ClF4N10O. The molecule has 1 aliphatic carbocycles. The first kappa shape index (κ1) is 46.3. The summed E-state index contributed by atoms with van der Waals surface area (Å²) in [6, 6.07) is 8.25. The molecule has 3 N–H and O–H groups in total. The molecule has 4 aliphatic heterocycles. The van der Waals surface area contributed by atoms with E-state index in [0.29, 0.717) is 61.3 Å². The Kier molecular flexibility index (Phi) is 13.5. The second kappa shape index (κ2) is 18.9. The van der Waals surface area contributed by atoms with Crippen molar-refractivity contribution in [1.29, 1.82) is 0 Å². The highest BCUT2D eigenvalue weighted by Crippen LogP contribution is 2.44. The average Bonchev–Trinajstić information content (AvgIpc) is 4.16. The highest BCUT2D eigenvalue weighted by atomic mass is 35.5. The molecule has 2 saturated heterocycles. The fourth-order valence-electron chi connectivity index (χ4n) is 9.08. The number of hydrogen-bond donors (Lipinski definition) is 3. The maximum atomic E-state index is 16.5. The highest BCUT2D eigenvalue weighted by Gasteiger charge is 2.44. The minimum atomic E-state index is -3.15. The Labute approximate surface area is 384 Å². The van der Waals surface area contributed by atoms with Gasteiger partial charge >= 0.3 is 5.92 Å². The Morgan fingerprint density at radius 1 is 1.08 bits per heavy atom. The van der Waals surface area contributed by atoms with Crippen molar-refractivity contribution in [2.24, 2.45) is 7.05 Å². The van der Waals surface area contributed by atoms with Gasteiger partial charge in [0.15, 0.2) is 18.2 Å². The smallest absolute Gasteiger partial charge is 0.300 e. The first-order valence-electron chi connectivity index (χ1n) is 22.8. The van der Waals surface area contributed by atoms with Crippen LogP contribution in [-0.4, -0.2) is 95.7 Å². The van der Waals surface area contributed by atoms with Crippen LogP contribution in [0.3, 0.4) is 0 Å². The number of hydrogen-bond acceptors (Lipinski definition) is 10. The summed E-state index contributed by atoms with van der Waals surface area (Å²) < 4.78 is 69.2. The van der Waals surface area contributed by atoms with Gasteiger partial charge in [0, 0.05) is 82.2 Å². The Morgan fingerprint density at radius 2 is 1.80 bits per heavy atom. The van der Waals surface area contributed by atoms with Crippen LogP contribution in [0.4, 0.5) is 40.7 Å². The molecule has 6 heterocycles. The molecule has 0 bridgehead atoms. The number of aryl methyl sites for hydroxylation is 1. The number of benzene rings is 2. The molecule has 2 unspecified atom stereocenters. The van der Waals surface area contributed by atoms with Gasteiger partial charge in [0.25, 0.3) is 0 Å². The summed E-state index contributed by atoms with van der Waals surface area (Å²) in [5.41, 5.74) is 4.56. The molecule has 65 heavy (non-hydrogen) atoms. The van der Waals surface area contributed by atoms with Gasteiger partial charge in [-0.05, 0) is 69.3 Å². The van der Waals surface area contributed by atoms with Gasteiger partial charge in [-0.3, -0.25) is 4.68 Å². The molecule has 3 fully saturated rings. The highest BCUT2D eigenvalue weighted by molar-refractivity contribution is 6.33. The van der Waals surface area contributed by atoms with Crippen LogP contribution >= 0.6 is 11.6 Å². The van der Waals surface area contributed by atoms with E-state index in [9.17, 15) is 8.78 Å². The summed E-state index contributed by atoms with van der Waals surface area (Å²) >= 11 is 6.53. The van der Waals surface area contributed by atoms with Crippen molar-refractivity contribution in [3.05, 3.63) is 107 Å². The van der Waals surface area contributed by atoms with E-state index in [1.165, 1.54) is 50.1 Å². The molecule has 2 aromatic heterocycles. The number of likely N-dealkylation sites (tertiary alicyclic amines) is 1. The zero-order chi connectivity index (χ0) is 46.2. The summed E-state index contributed by atoms with van der Waals surface area (Å²) in [5, 5.41) is 15.2. The Morgan fingerprint density at radius 3 is 2.48 bits per heavy atom. The predicted molar refractivity (Wildman–Crippen MR) is 253 cm³/mol. The van der Waals surface area contributed by atoms with Crippen LogP contribution in [0.2, 0.25) is 5.02 Å². The number of nitrogens with one attached hydrogen (secondary N) is 3. The van der Waals surface area contributed by atoms with Crippen molar-refractivity contribution in [3.63, 3.8) is 0 Å². The summed E-state index contributed by atoms with van der Waals surface area (Å²) in [6.07, 6.45) is 12.1. The number of alkyl halides is 3. The molecule has 5 aliphatic rings. The first-order chi connectivity index (χ1) is 31.1. The molecule has 1 saturated carbocycles. The first-order valence-corrected chi connectivity index (χ1v) is 23.1. The van der Waals surface area contributed by atoms with Gasteiger partial charge in [0.2, 0.25) is 5.95 Å². The molecular weight excluding hydrogens is 856 g/mol. The van der Waals surface area contributed by atoms with E-state index < -0.39 is 30.1 Å². The van der Waals surface area contributed by atoms with Crippen LogP contribution < -0.4 is 25.8 Å². The molecule has 2 aromatic carbocycles. The van der Waals surface area contributed by atoms with Crippen LogP contribution in [0.1, 0.15) is 93.4 Å². The van der Waals surface area contributed by atoms with Crippen LogP contribution in [0, 0.1) is 5.82 Å². The molecule has 0 spiro atoms. The van der Waals surface area contributed by atoms with E-state index in [1.54, 1.807) is 11.9 Å². The lowest BCUT2D eigenvalue weighted by molar-refractivity contribution is -0.0730. The Hall–Kier alpha value is -5.28. The van der Waals surface area contributed by atoms with Gasteiger partial charge in [-0.25, -0.2) is 22.5 Å². The van der Waals surface area contributed by atoms with Crippen molar-refractivity contribution in [2.45, 2.75) is 94.2 Å². The van der Waals surface area contributed by atoms with Gasteiger partial charge in [-0.2, -0.15) is 10.1 Å². The fraction of sp³-hybridized carbons (Fsp3) is 0.490. The lowest BCUT2D eigenvalue weighted by atomic mass is 9.87. The van der Waals surface area contributed by atoms with Gasteiger partial charge in [0.05, 0.1) is 46.2 Å². The van der Waals surface area contributed by atoms with E-state index in [0.717, 1.165) is 61.1 Å². The third-order valence-corrected chi connectivity index (χ3v) is 13.8. The van der Waals surface area contributed by atoms with Gasteiger partial charge in [-0.1, -0.05) is 62.2 Å². The summed E-state index contributed by atoms with van der Waals surface area (Å²) in [5.74, 6) is -2.61. The van der Waals surface area contributed by atoms with Gasteiger partial charge in [-0.15, -0.1) is 6.58 Å². The largest absolute Gasteiger partial charge is 0.483 e. The van der Waals surface area contributed by atoms with Crippen LogP contribution in [0.5, 0.6) is 0 Å². The maximum absolute atomic E-state index is 16.5. The standard InChI is InChI=1S/C46H55ClF4N10O.C3H6/c1-8-30(10-9-27(2)52-5)40-33-12-11-32(21-39(33)59(7)57-40)31-13-17-60(18-14-31)25-45(49)15-19-61(20-16-45)44-53-24-35(47)43(56-44)55-37-22-34-38(23-36(37)48)58(6)28(3)42-41(34)54-29(4)46(50,51)26-62-42;1-2-3-1/h8,11-12,21-24,29-31,52,54H,1-3,9-10,13-20,25-26H2,4-7H3,(H,53,55,56);1-3H2. The molecule has 0 amide bonds. The topological polar surface area (TPSA) is 98.6 Å². The summed E-state index contributed by atoms with van der Waals surface area (Å²) in [4.78, 5) is 14.8.